The minimum absolute atomic E-state index is 0.0177. The molecule has 0 spiro atoms. The number of hydrogen-bond donors (Lipinski definition) is 0. The summed E-state index contributed by atoms with van der Waals surface area (Å²) in [7, 11) is 0. The fourth-order valence-corrected chi connectivity index (χ4v) is 4.28. The van der Waals surface area contributed by atoms with Gasteiger partial charge in [0.25, 0.3) is 0 Å². The average molecular weight is 310 g/mol. The van der Waals surface area contributed by atoms with Crippen molar-refractivity contribution in [2.24, 2.45) is 11.8 Å². The molecule has 2 fully saturated rings. The highest BCUT2D eigenvalue weighted by molar-refractivity contribution is 5.73. The van der Waals surface area contributed by atoms with Crippen molar-refractivity contribution in [2.75, 3.05) is 6.61 Å². The Labute approximate surface area is 136 Å². The van der Waals surface area contributed by atoms with Crippen molar-refractivity contribution in [2.45, 2.75) is 96.7 Å². The summed E-state index contributed by atoms with van der Waals surface area (Å²) in [6.45, 7) is 4.78. The molecule has 2 aliphatic rings. The van der Waals surface area contributed by atoms with E-state index in [1.54, 1.807) is 0 Å². The predicted octanol–water partition coefficient (Wildman–Crippen LogP) is 5.22. The summed E-state index contributed by atoms with van der Waals surface area (Å²) >= 11 is 0. The molecule has 0 aromatic heterocycles. The van der Waals surface area contributed by atoms with Crippen molar-refractivity contribution in [3.8, 4) is 0 Å². The summed E-state index contributed by atoms with van der Waals surface area (Å²) in [6, 6.07) is 0. The predicted molar refractivity (Wildman–Crippen MR) is 88.5 cm³/mol. The van der Waals surface area contributed by atoms with Crippen LogP contribution in [0.4, 0.5) is 0 Å². The van der Waals surface area contributed by atoms with E-state index in [9.17, 15) is 4.79 Å². The van der Waals surface area contributed by atoms with Crippen LogP contribution in [-0.2, 0) is 14.3 Å². The summed E-state index contributed by atoms with van der Waals surface area (Å²) in [6.07, 6.45) is 13.5. The Hall–Kier alpha value is -0.570. The number of carbonyl (C=O) groups excluding carboxylic acids is 1. The Kier molecular flexibility index (Phi) is 7.20. The molecule has 2 saturated carbocycles. The van der Waals surface area contributed by atoms with E-state index in [4.69, 9.17) is 9.47 Å². The number of hydrogen-bond acceptors (Lipinski definition) is 3. The Morgan fingerprint density at radius 2 is 1.68 bits per heavy atom. The number of carbonyl (C=O) groups is 1. The van der Waals surface area contributed by atoms with Gasteiger partial charge in [-0.05, 0) is 44.9 Å². The molecule has 0 heterocycles. The van der Waals surface area contributed by atoms with Crippen LogP contribution in [-0.4, -0.2) is 18.4 Å². The second kappa shape index (κ2) is 8.90. The van der Waals surface area contributed by atoms with Gasteiger partial charge in [0.2, 0.25) is 5.79 Å². The average Bonchev–Trinajstić information content (AvgIpc) is 2.54. The van der Waals surface area contributed by atoms with E-state index in [0.29, 0.717) is 12.5 Å². The second-order valence-corrected chi connectivity index (χ2v) is 7.12. The highest BCUT2D eigenvalue weighted by atomic mass is 16.7. The molecule has 3 nitrogen and oxygen atoms in total. The third kappa shape index (κ3) is 4.71. The van der Waals surface area contributed by atoms with Crippen LogP contribution in [0.3, 0.4) is 0 Å². The first-order valence-corrected chi connectivity index (χ1v) is 9.57. The molecule has 1 atom stereocenters. The summed E-state index contributed by atoms with van der Waals surface area (Å²) in [4.78, 5) is 12.9. The SMILES string of the molecule is CCCC(C(=O)OC1(OCC)CCCCC1)C1CCCCC1. The molecular formula is C19H34O3. The first-order valence-electron chi connectivity index (χ1n) is 9.57. The highest BCUT2D eigenvalue weighted by Crippen LogP contribution is 2.37. The van der Waals surface area contributed by atoms with Crippen LogP contribution in [0.1, 0.15) is 90.9 Å². The van der Waals surface area contributed by atoms with E-state index in [1.165, 1.54) is 38.5 Å². The van der Waals surface area contributed by atoms with Gasteiger partial charge in [0, 0.05) is 19.4 Å². The molecule has 0 radical (unpaired) electrons. The Morgan fingerprint density at radius 1 is 1.05 bits per heavy atom. The second-order valence-electron chi connectivity index (χ2n) is 7.12. The van der Waals surface area contributed by atoms with E-state index < -0.39 is 5.79 Å². The van der Waals surface area contributed by atoms with Crippen LogP contribution in [0.15, 0.2) is 0 Å². The van der Waals surface area contributed by atoms with Crippen molar-refractivity contribution >= 4 is 5.97 Å². The molecule has 22 heavy (non-hydrogen) atoms. The third-order valence-electron chi connectivity index (χ3n) is 5.43. The topological polar surface area (TPSA) is 35.5 Å². The lowest BCUT2D eigenvalue weighted by Crippen LogP contribution is -2.43. The molecule has 0 aliphatic heterocycles. The van der Waals surface area contributed by atoms with Crippen molar-refractivity contribution < 1.29 is 14.3 Å². The molecule has 0 amide bonds. The van der Waals surface area contributed by atoms with Crippen LogP contribution in [0.2, 0.25) is 0 Å². The van der Waals surface area contributed by atoms with Crippen molar-refractivity contribution in [3.63, 3.8) is 0 Å². The van der Waals surface area contributed by atoms with Gasteiger partial charge < -0.3 is 9.47 Å². The standard InChI is InChI=1S/C19H34O3/c1-3-11-17(16-12-7-5-8-13-16)18(20)22-19(21-4-2)14-9-6-10-15-19/h16-17H,3-15H2,1-2H3. The van der Waals surface area contributed by atoms with Crippen LogP contribution < -0.4 is 0 Å². The molecule has 3 heteroatoms. The molecule has 0 aromatic carbocycles. The van der Waals surface area contributed by atoms with E-state index in [-0.39, 0.29) is 11.9 Å². The van der Waals surface area contributed by atoms with Gasteiger partial charge in [-0.1, -0.05) is 39.0 Å². The van der Waals surface area contributed by atoms with Gasteiger partial charge in [-0.2, -0.15) is 0 Å². The van der Waals surface area contributed by atoms with Gasteiger partial charge in [-0.15, -0.1) is 0 Å². The quantitative estimate of drug-likeness (QED) is 0.477. The number of rotatable bonds is 7. The van der Waals surface area contributed by atoms with Gasteiger partial charge in [0.05, 0.1) is 5.92 Å². The van der Waals surface area contributed by atoms with Crippen LogP contribution in [0.25, 0.3) is 0 Å². The molecule has 0 aromatic rings. The normalized spacial score (nSPS) is 23.9. The van der Waals surface area contributed by atoms with Crippen LogP contribution in [0.5, 0.6) is 0 Å². The fourth-order valence-electron chi connectivity index (χ4n) is 4.28. The van der Waals surface area contributed by atoms with E-state index in [0.717, 1.165) is 38.5 Å². The minimum Gasteiger partial charge on any atom is -0.433 e. The first kappa shape index (κ1) is 17.8. The van der Waals surface area contributed by atoms with E-state index in [2.05, 4.69) is 6.92 Å². The maximum atomic E-state index is 12.9. The zero-order valence-corrected chi connectivity index (χ0v) is 14.6. The van der Waals surface area contributed by atoms with Gasteiger partial charge in [-0.3, -0.25) is 4.79 Å². The lowest BCUT2D eigenvalue weighted by atomic mass is 9.78. The van der Waals surface area contributed by atoms with Gasteiger partial charge in [0.1, 0.15) is 0 Å². The molecule has 0 saturated heterocycles. The zero-order valence-electron chi connectivity index (χ0n) is 14.6. The molecule has 0 N–H and O–H groups in total. The smallest absolute Gasteiger partial charge is 0.311 e. The Balaban J connectivity index is 2.01. The molecular weight excluding hydrogens is 276 g/mol. The monoisotopic (exact) mass is 310 g/mol. The van der Waals surface area contributed by atoms with Gasteiger partial charge in [-0.25, -0.2) is 0 Å². The van der Waals surface area contributed by atoms with E-state index in [1.807, 2.05) is 6.92 Å². The highest BCUT2D eigenvalue weighted by Gasteiger charge is 2.40. The number of ether oxygens (including phenoxy) is 2. The minimum atomic E-state index is -0.620. The largest absolute Gasteiger partial charge is 0.433 e. The molecule has 0 bridgehead atoms. The van der Waals surface area contributed by atoms with Crippen molar-refractivity contribution in [3.05, 3.63) is 0 Å². The van der Waals surface area contributed by atoms with Gasteiger partial charge >= 0.3 is 5.97 Å². The molecule has 128 valence electrons. The molecule has 2 aliphatic carbocycles. The number of esters is 1. The maximum absolute atomic E-state index is 12.9. The lowest BCUT2D eigenvalue weighted by molar-refractivity contribution is -0.247. The lowest BCUT2D eigenvalue weighted by Gasteiger charge is -2.38. The third-order valence-corrected chi connectivity index (χ3v) is 5.43. The van der Waals surface area contributed by atoms with Crippen molar-refractivity contribution in [1.29, 1.82) is 0 Å². The van der Waals surface area contributed by atoms with Crippen LogP contribution in [0, 0.1) is 11.8 Å². The Morgan fingerprint density at radius 3 is 2.27 bits per heavy atom. The summed E-state index contributed by atoms with van der Waals surface area (Å²) in [5.41, 5.74) is 0. The van der Waals surface area contributed by atoms with E-state index >= 15 is 0 Å². The van der Waals surface area contributed by atoms with Crippen LogP contribution >= 0.6 is 0 Å². The summed E-state index contributed by atoms with van der Waals surface area (Å²) in [5, 5.41) is 0. The molecule has 1 unspecified atom stereocenters. The molecule has 2 rings (SSSR count). The van der Waals surface area contributed by atoms with Crippen molar-refractivity contribution in [1.82, 2.24) is 0 Å². The maximum Gasteiger partial charge on any atom is 0.311 e. The Bertz CT molecular complexity index is 322. The fraction of sp³-hybridized carbons (Fsp3) is 0.947. The zero-order chi connectivity index (χ0) is 15.8. The first-order chi connectivity index (χ1) is 10.7. The van der Waals surface area contributed by atoms with Gasteiger partial charge in [0.15, 0.2) is 0 Å². The summed E-state index contributed by atoms with van der Waals surface area (Å²) < 4.78 is 11.9. The summed E-state index contributed by atoms with van der Waals surface area (Å²) in [5.74, 6) is 0.0159.